The third-order valence-electron chi connectivity index (χ3n) is 4.19. The number of hydrogen-bond acceptors (Lipinski definition) is 3. The lowest BCUT2D eigenvalue weighted by Crippen LogP contribution is -2.45. The Balaban J connectivity index is 1.71. The van der Waals surface area contributed by atoms with Crippen LogP contribution in [-0.4, -0.2) is 62.9 Å². The normalized spacial score (nSPS) is 18.2. The molecule has 8 heteroatoms. The van der Waals surface area contributed by atoms with Gasteiger partial charge in [-0.15, -0.1) is 6.42 Å². The van der Waals surface area contributed by atoms with Crippen molar-refractivity contribution in [2.45, 2.75) is 25.1 Å². The second-order valence-electron chi connectivity index (χ2n) is 6.37. The molecule has 5 nitrogen and oxygen atoms in total. The van der Waals surface area contributed by atoms with Crippen LogP contribution in [0.2, 0.25) is 0 Å². The van der Waals surface area contributed by atoms with Gasteiger partial charge in [0.25, 0.3) is 0 Å². The average molecular weight is 382 g/mol. The fourth-order valence-electron chi connectivity index (χ4n) is 2.94. The standard InChI is InChI=1S/C19H25F3N4O/c1-3-12-27-17-6-4-15(5-7-17)8-10-24-18(23-2)25-16-9-11-26(13-16)14-19(20,21)22/h1,4-7,16H,8-14H2,2H3,(H2,23,24,25). The predicted octanol–water partition coefficient (Wildman–Crippen LogP) is 2.04. The molecule has 1 aliphatic heterocycles. The minimum Gasteiger partial charge on any atom is -0.481 e. The van der Waals surface area contributed by atoms with E-state index in [9.17, 15) is 13.2 Å². The molecule has 1 aromatic carbocycles. The fraction of sp³-hybridized carbons (Fsp3) is 0.526. The van der Waals surface area contributed by atoms with Crippen molar-refractivity contribution in [1.82, 2.24) is 15.5 Å². The Bertz CT molecular complexity index is 652. The van der Waals surface area contributed by atoms with Gasteiger partial charge in [-0.05, 0) is 30.5 Å². The van der Waals surface area contributed by atoms with Crippen molar-refractivity contribution in [1.29, 1.82) is 0 Å². The Morgan fingerprint density at radius 2 is 2.11 bits per heavy atom. The molecule has 1 saturated heterocycles. The molecular formula is C19H25F3N4O. The van der Waals surface area contributed by atoms with Crippen LogP contribution in [0.1, 0.15) is 12.0 Å². The average Bonchev–Trinajstić information content (AvgIpc) is 3.05. The number of rotatable bonds is 7. The molecule has 2 rings (SSSR count). The summed E-state index contributed by atoms with van der Waals surface area (Å²) in [5.41, 5.74) is 1.13. The molecule has 1 atom stereocenters. The summed E-state index contributed by atoms with van der Waals surface area (Å²) >= 11 is 0. The summed E-state index contributed by atoms with van der Waals surface area (Å²) in [6, 6.07) is 7.64. The minimum absolute atomic E-state index is 0.0360. The molecule has 0 aliphatic carbocycles. The van der Waals surface area contributed by atoms with Crippen LogP contribution in [0.25, 0.3) is 0 Å². The van der Waals surface area contributed by atoms with Gasteiger partial charge in [-0.2, -0.15) is 13.2 Å². The minimum atomic E-state index is -4.16. The van der Waals surface area contributed by atoms with Gasteiger partial charge >= 0.3 is 6.18 Å². The second-order valence-corrected chi connectivity index (χ2v) is 6.37. The van der Waals surface area contributed by atoms with Crippen molar-refractivity contribution in [3.63, 3.8) is 0 Å². The van der Waals surface area contributed by atoms with E-state index in [-0.39, 0.29) is 12.6 Å². The van der Waals surface area contributed by atoms with Crippen LogP contribution >= 0.6 is 0 Å². The SMILES string of the molecule is C#CCOc1ccc(CCNC(=NC)NC2CCN(CC(F)(F)F)C2)cc1. The maximum absolute atomic E-state index is 12.5. The molecule has 0 amide bonds. The highest BCUT2D eigenvalue weighted by atomic mass is 19.4. The van der Waals surface area contributed by atoms with E-state index in [2.05, 4.69) is 21.5 Å². The molecule has 1 aliphatic rings. The van der Waals surface area contributed by atoms with Gasteiger partial charge in [-0.1, -0.05) is 18.1 Å². The van der Waals surface area contributed by atoms with E-state index in [1.807, 2.05) is 24.3 Å². The number of aliphatic imine (C=N–C) groups is 1. The molecule has 2 N–H and O–H groups in total. The van der Waals surface area contributed by atoms with Crippen molar-refractivity contribution in [2.75, 3.05) is 39.8 Å². The van der Waals surface area contributed by atoms with Gasteiger partial charge in [0.1, 0.15) is 12.4 Å². The molecule has 0 saturated carbocycles. The largest absolute Gasteiger partial charge is 0.481 e. The highest BCUT2D eigenvalue weighted by Gasteiger charge is 2.34. The Labute approximate surface area is 158 Å². The lowest BCUT2D eigenvalue weighted by atomic mass is 10.1. The zero-order chi connectivity index (χ0) is 19.7. The zero-order valence-corrected chi connectivity index (χ0v) is 15.4. The lowest BCUT2D eigenvalue weighted by molar-refractivity contribution is -0.143. The molecule has 1 unspecified atom stereocenters. The van der Waals surface area contributed by atoms with Crippen molar-refractivity contribution < 1.29 is 17.9 Å². The summed E-state index contributed by atoms with van der Waals surface area (Å²) < 4.78 is 42.7. The van der Waals surface area contributed by atoms with Crippen LogP contribution in [0.5, 0.6) is 5.75 Å². The molecule has 1 heterocycles. The number of nitrogens with zero attached hydrogens (tertiary/aromatic N) is 2. The predicted molar refractivity (Wildman–Crippen MR) is 99.9 cm³/mol. The van der Waals surface area contributed by atoms with Crippen LogP contribution in [0.4, 0.5) is 13.2 Å². The second kappa shape index (κ2) is 10.1. The monoisotopic (exact) mass is 382 g/mol. The number of benzene rings is 1. The smallest absolute Gasteiger partial charge is 0.401 e. The van der Waals surface area contributed by atoms with Crippen LogP contribution < -0.4 is 15.4 Å². The molecule has 27 heavy (non-hydrogen) atoms. The van der Waals surface area contributed by atoms with E-state index in [0.717, 1.165) is 17.7 Å². The Morgan fingerprint density at radius 3 is 2.74 bits per heavy atom. The molecular weight excluding hydrogens is 357 g/mol. The van der Waals surface area contributed by atoms with Gasteiger partial charge in [0.2, 0.25) is 0 Å². The van der Waals surface area contributed by atoms with E-state index >= 15 is 0 Å². The highest BCUT2D eigenvalue weighted by molar-refractivity contribution is 5.80. The van der Waals surface area contributed by atoms with Crippen molar-refractivity contribution in [3.05, 3.63) is 29.8 Å². The summed E-state index contributed by atoms with van der Waals surface area (Å²) in [6.45, 7) is 0.827. The van der Waals surface area contributed by atoms with Crippen LogP contribution in [0.15, 0.2) is 29.3 Å². The number of guanidine groups is 1. The quantitative estimate of drug-likeness (QED) is 0.431. The van der Waals surface area contributed by atoms with Gasteiger partial charge in [0.15, 0.2) is 5.96 Å². The number of terminal acetylenes is 1. The molecule has 0 bridgehead atoms. The maximum Gasteiger partial charge on any atom is 0.401 e. The first-order chi connectivity index (χ1) is 12.9. The van der Waals surface area contributed by atoms with Gasteiger partial charge in [-0.3, -0.25) is 9.89 Å². The molecule has 1 aromatic rings. The number of alkyl halides is 3. The number of halogens is 3. The summed E-state index contributed by atoms with van der Waals surface area (Å²) in [4.78, 5) is 5.56. The van der Waals surface area contributed by atoms with Crippen molar-refractivity contribution in [3.8, 4) is 18.1 Å². The first-order valence-corrected chi connectivity index (χ1v) is 8.81. The van der Waals surface area contributed by atoms with Crippen LogP contribution in [0.3, 0.4) is 0 Å². The number of ether oxygens (including phenoxy) is 1. The fourth-order valence-corrected chi connectivity index (χ4v) is 2.94. The number of likely N-dealkylation sites (tertiary alicyclic amines) is 1. The first-order valence-electron chi connectivity index (χ1n) is 8.81. The Kier molecular flexibility index (Phi) is 7.80. The molecule has 0 aromatic heterocycles. The first kappa shape index (κ1) is 20.9. The topological polar surface area (TPSA) is 48.9 Å². The van der Waals surface area contributed by atoms with E-state index in [0.29, 0.717) is 32.0 Å². The molecule has 148 valence electrons. The van der Waals surface area contributed by atoms with E-state index in [4.69, 9.17) is 11.2 Å². The summed E-state index contributed by atoms with van der Waals surface area (Å²) in [5, 5.41) is 6.39. The summed E-state index contributed by atoms with van der Waals surface area (Å²) in [7, 11) is 1.65. The summed E-state index contributed by atoms with van der Waals surface area (Å²) in [5.74, 6) is 3.74. The molecule has 0 spiro atoms. The van der Waals surface area contributed by atoms with E-state index < -0.39 is 12.7 Å². The van der Waals surface area contributed by atoms with E-state index in [1.54, 1.807) is 7.05 Å². The van der Waals surface area contributed by atoms with Crippen molar-refractivity contribution >= 4 is 5.96 Å². The molecule has 1 fully saturated rings. The zero-order valence-electron chi connectivity index (χ0n) is 15.4. The van der Waals surface area contributed by atoms with Gasteiger partial charge in [0, 0.05) is 32.7 Å². The Morgan fingerprint density at radius 1 is 1.37 bits per heavy atom. The third-order valence-corrected chi connectivity index (χ3v) is 4.19. The van der Waals surface area contributed by atoms with Gasteiger partial charge in [-0.25, -0.2) is 0 Å². The van der Waals surface area contributed by atoms with Gasteiger partial charge in [0.05, 0.1) is 6.54 Å². The maximum atomic E-state index is 12.5. The van der Waals surface area contributed by atoms with Crippen LogP contribution in [-0.2, 0) is 6.42 Å². The van der Waals surface area contributed by atoms with Crippen molar-refractivity contribution in [2.24, 2.45) is 4.99 Å². The lowest BCUT2D eigenvalue weighted by Gasteiger charge is -2.19. The Hall–Kier alpha value is -2.40. The van der Waals surface area contributed by atoms with Gasteiger partial charge < -0.3 is 15.4 Å². The number of hydrogen-bond donors (Lipinski definition) is 2. The number of nitrogens with one attached hydrogen (secondary N) is 2. The third kappa shape index (κ3) is 7.79. The molecule has 0 radical (unpaired) electrons. The van der Waals surface area contributed by atoms with E-state index in [1.165, 1.54) is 4.90 Å². The van der Waals surface area contributed by atoms with Crippen LogP contribution in [0, 0.1) is 12.3 Å². The highest BCUT2D eigenvalue weighted by Crippen LogP contribution is 2.19. The summed E-state index contributed by atoms with van der Waals surface area (Å²) in [6.07, 6.45) is 2.44.